The number of amides is 1. The summed E-state index contributed by atoms with van der Waals surface area (Å²) in [4.78, 5) is 30.1. The highest BCUT2D eigenvalue weighted by Gasteiger charge is 2.20. The molecule has 0 unspecified atom stereocenters. The van der Waals surface area contributed by atoms with Gasteiger partial charge in [-0.05, 0) is 12.1 Å². The van der Waals surface area contributed by atoms with Crippen LogP contribution in [0.15, 0.2) is 77.7 Å². The fourth-order valence-corrected chi connectivity index (χ4v) is 3.54. The summed E-state index contributed by atoms with van der Waals surface area (Å²) in [7, 11) is 0. The molecule has 0 radical (unpaired) electrons. The maximum absolute atomic E-state index is 12.5. The van der Waals surface area contributed by atoms with E-state index in [2.05, 4.69) is 35.2 Å². The lowest BCUT2D eigenvalue weighted by Gasteiger charge is -2.35. The molecular weight excluding hydrogens is 406 g/mol. The third kappa shape index (κ3) is 4.27. The summed E-state index contributed by atoms with van der Waals surface area (Å²) >= 11 is 0. The maximum atomic E-state index is 12.5. The molecule has 0 bridgehead atoms. The van der Waals surface area contributed by atoms with Crippen molar-refractivity contribution in [3.8, 4) is 11.3 Å². The van der Waals surface area contributed by atoms with Crippen LogP contribution in [0.5, 0.6) is 0 Å². The number of hydrogen-bond acceptors (Lipinski definition) is 8. The average molecular weight is 427 g/mol. The van der Waals surface area contributed by atoms with E-state index in [-0.39, 0.29) is 11.6 Å². The summed E-state index contributed by atoms with van der Waals surface area (Å²) in [5.74, 6) is 1.77. The van der Waals surface area contributed by atoms with Gasteiger partial charge in [-0.1, -0.05) is 41.6 Å². The molecule has 4 heterocycles. The van der Waals surface area contributed by atoms with E-state index in [0.717, 1.165) is 37.6 Å². The quantitative estimate of drug-likeness (QED) is 0.519. The van der Waals surface area contributed by atoms with Gasteiger partial charge in [0.25, 0.3) is 5.91 Å². The lowest BCUT2D eigenvalue weighted by atomic mass is 10.1. The highest BCUT2D eigenvalue weighted by molar-refractivity contribution is 6.03. The van der Waals surface area contributed by atoms with Crippen LogP contribution in [0.3, 0.4) is 0 Å². The van der Waals surface area contributed by atoms with Crippen LogP contribution in [0.4, 0.5) is 17.5 Å². The Hall–Kier alpha value is -4.27. The fourth-order valence-electron chi connectivity index (χ4n) is 3.54. The van der Waals surface area contributed by atoms with Crippen molar-refractivity contribution >= 4 is 23.4 Å². The van der Waals surface area contributed by atoms with E-state index in [0.29, 0.717) is 17.4 Å². The van der Waals surface area contributed by atoms with Gasteiger partial charge in [0.15, 0.2) is 11.5 Å². The minimum Gasteiger partial charge on any atom is -0.355 e. The van der Waals surface area contributed by atoms with Crippen LogP contribution >= 0.6 is 0 Å². The Balaban J connectivity index is 1.18. The Bertz CT molecular complexity index is 1170. The summed E-state index contributed by atoms with van der Waals surface area (Å²) in [6.45, 7) is 3.27. The van der Waals surface area contributed by atoms with Gasteiger partial charge in [0.2, 0.25) is 5.95 Å². The molecule has 9 heteroatoms. The van der Waals surface area contributed by atoms with Gasteiger partial charge in [-0.15, -0.1) is 0 Å². The van der Waals surface area contributed by atoms with Crippen molar-refractivity contribution in [1.29, 1.82) is 0 Å². The van der Waals surface area contributed by atoms with E-state index < -0.39 is 0 Å². The highest BCUT2D eigenvalue weighted by Crippen LogP contribution is 2.21. The van der Waals surface area contributed by atoms with Gasteiger partial charge in [0.05, 0.1) is 18.1 Å². The highest BCUT2D eigenvalue weighted by atomic mass is 16.5. The van der Waals surface area contributed by atoms with Crippen LogP contribution in [0.2, 0.25) is 0 Å². The Morgan fingerprint density at radius 1 is 0.875 bits per heavy atom. The van der Waals surface area contributed by atoms with E-state index in [9.17, 15) is 4.79 Å². The smallest absolute Gasteiger partial charge is 0.277 e. The summed E-state index contributed by atoms with van der Waals surface area (Å²) < 4.78 is 5.29. The zero-order valence-electron chi connectivity index (χ0n) is 17.3. The Labute approximate surface area is 184 Å². The van der Waals surface area contributed by atoms with Gasteiger partial charge in [-0.2, -0.15) is 0 Å². The third-order valence-electron chi connectivity index (χ3n) is 5.23. The zero-order valence-corrected chi connectivity index (χ0v) is 17.3. The number of benzene rings is 1. The molecule has 1 N–H and O–H groups in total. The van der Waals surface area contributed by atoms with Gasteiger partial charge in [-0.3, -0.25) is 4.79 Å². The van der Waals surface area contributed by atoms with Crippen LogP contribution in [0.1, 0.15) is 10.5 Å². The summed E-state index contributed by atoms with van der Waals surface area (Å²) in [5, 5.41) is 6.63. The number of aromatic nitrogens is 4. The van der Waals surface area contributed by atoms with Crippen LogP contribution in [0.25, 0.3) is 11.3 Å². The second kappa shape index (κ2) is 8.84. The van der Waals surface area contributed by atoms with Crippen molar-refractivity contribution < 1.29 is 9.32 Å². The number of hydrogen-bond donors (Lipinski definition) is 1. The molecule has 0 spiro atoms. The molecule has 0 atom stereocenters. The molecule has 1 amide bonds. The topological polar surface area (TPSA) is 100 Å². The molecule has 1 saturated heterocycles. The standard InChI is InChI=1S/C23H21N7O2/c31-22(19-14-20(32-28-19)17-6-2-1-3-7-17)27-18-15-25-23(26-16-18)30-12-10-29(11-13-30)21-8-4-5-9-24-21/h1-9,14-16H,10-13H2,(H,27,31). The normalized spacial score (nSPS) is 13.8. The zero-order chi connectivity index (χ0) is 21.8. The maximum Gasteiger partial charge on any atom is 0.277 e. The number of pyridine rings is 1. The summed E-state index contributed by atoms with van der Waals surface area (Å²) in [6.07, 6.45) is 5.01. The first-order chi connectivity index (χ1) is 15.8. The molecule has 3 aromatic heterocycles. The predicted molar refractivity (Wildman–Crippen MR) is 121 cm³/mol. The minimum absolute atomic E-state index is 0.193. The molecule has 1 fully saturated rings. The number of anilines is 3. The largest absolute Gasteiger partial charge is 0.355 e. The van der Waals surface area contributed by atoms with E-state index in [4.69, 9.17) is 4.52 Å². The lowest BCUT2D eigenvalue weighted by Crippen LogP contribution is -2.47. The van der Waals surface area contributed by atoms with Crippen molar-refractivity contribution in [1.82, 2.24) is 20.1 Å². The Morgan fingerprint density at radius 3 is 2.31 bits per heavy atom. The minimum atomic E-state index is -0.378. The molecule has 0 aliphatic carbocycles. The Morgan fingerprint density at radius 2 is 1.59 bits per heavy atom. The molecule has 0 saturated carbocycles. The number of carbonyl (C=O) groups is 1. The third-order valence-corrected chi connectivity index (χ3v) is 5.23. The number of carbonyl (C=O) groups excluding carboxylic acids is 1. The van der Waals surface area contributed by atoms with Crippen molar-refractivity contribution in [2.45, 2.75) is 0 Å². The van der Waals surface area contributed by atoms with Crippen molar-refractivity contribution in [3.63, 3.8) is 0 Å². The summed E-state index contributed by atoms with van der Waals surface area (Å²) in [6, 6.07) is 17.0. The van der Waals surface area contributed by atoms with E-state index in [1.165, 1.54) is 0 Å². The first-order valence-electron chi connectivity index (χ1n) is 10.3. The molecule has 5 rings (SSSR count). The second-order valence-corrected chi connectivity index (χ2v) is 7.33. The fraction of sp³-hybridized carbons (Fsp3) is 0.174. The molecule has 4 aromatic rings. The molecule has 1 aromatic carbocycles. The molecule has 1 aliphatic rings. The molecule has 160 valence electrons. The lowest BCUT2D eigenvalue weighted by molar-refractivity contribution is 0.101. The van der Waals surface area contributed by atoms with Crippen molar-refractivity contribution in [2.24, 2.45) is 0 Å². The van der Waals surface area contributed by atoms with Gasteiger partial charge in [0, 0.05) is 44.0 Å². The van der Waals surface area contributed by atoms with Crippen LogP contribution in [-0.4, -0.2) is 52.2 Å². The van der Waals surface area contributed by atoms with E-state index in [1.54, 1.807) is 24.7 Å². The Kier molecular flexibility index (Phi) is 5.44. The molecular formula is C23H21N7O2. The van der Waals surface area contributed by atoms with Crippen LogP contribution in [0, 0.1) is 0 Å². The molecule has 9 nitrogen and oxygen atoms in total. The number of rotatable bonds is 5. The monoisotopic (exact) mass is 427 g/mol. The van der Waals surface area contributed by atoms with E-state index in [1.807, 2.05) is 48.5 Å². The van der Waals surface area contributed by atoms with Gasteiger partial charge in [-0.25, -0.2) is 15.0 Å². The first kappa shape index (κ1) is 19.7. The first-order valence-corrected chi connectivity index (χ1v) is 10.3. The van der Waals surface area contributed by atoms with Crippen molar-refractivity contribution in [3.05, 3.63) is 78.9 Å². The number of nitrogens with one attached hydrogen (secondary N) is 1. The summed E-state index contributed by atoms with van der Waals surface area (Å²) in [5.41, 5.74) is 1.54. The van der Waals surface area contributed by atoms with Crippen LogP contribution in [-0.2, 0) is 0 Å². The number of piperazine rings is 1. The van der Waals surface area contributed by atoms with Crippen LogP contribution < -0.4 is 15.1 Å². The second-order valence-electron chi connectivity index (χ2n) is 7.33. The molecule has 1 aliphatic heterocycles. The molecule has 32 heavy (non-hydrogen) atoms. The van der Waals surface area contributed by atoms with Crippen molar-refractivity contribution in [2.75, 3.05) is 41.3 Å². The predicted octanol–water partition coefficient (Wildman–Crippen LogP) is 3.11. The van der Waals surface area contributed by atoms with E-state index >= 15 is 0 Å². The van der Waals surface area contributed by atoms with Gasteiger partial charge in [0.1, 0.15) is 5.82 Å². The van der Waals surface area contributed by atoms with Gasteiger partial charge >= 0.3 is 0 Å². The van der Waals surface area contributed by atoms with Gasteiger partial charge < -0.3 is 19.6 Å². The number of nitrogens with zero attached hydrogens (tertiary/aromatic N) is 6. The average Bonchev–Trinajstić information content (AvgIpc) is 3.37. The SMILES string of the molecule is O=C(Nc1cnc(N2CCN(c3ccccn3)CC2)nc1)c1cc(-c2ccccc2)on1.